The van der Waals surface area contributed by atoms with Gasteiger partial charge in [0.15, 0.2) is 0 Å². The van der Waals surface area contributed by atoms with Gasteiger partial charge >= 0.3 is 5.97 Å². The van der Waals surface area contributed by atoms with Gasteiger partial charge in [-0.15, -0.1) is 0 Å². The van der Waals surface area contributed by atoms with Crippen LogP contribution in [0, 0.1) is 5.92 Å². The van der Waals surface area contributed by atoms with Crippen molar-refractivity contribution in [2.24, 2.45) is 5.92 Å². The van der Waals surface area contributed by atoms with Gasteiger partial charge in [0.1, 0.15) is 6.10 Å². The van der Waals surface area contributed by atoms with Gasteiger partial charge in [0.25, 0.3) is 5.91 Å². The fraction of sp³-hybridized carbons (Fsp3) is 0.875. The lowest BCUT2D eigenvalue weighted by molar-refractivity contribution is -0.149. The maximum atomic E-state index is 12.5. The molecule has 0 spiro atoms. The van der Waals surface area contributed by atoms with Crippen LogP contribution in [-0.4, -0.2) is 47.2 Å². The van der Waals surface area contributed by atoms with Gasteiger partial charge in [-0.05, 0) is 38.0 Å². The van der Waals surface area contributed by atoms with E-state index in [9.17, 15) is 9.59 Å². The summed E-state index contributed by atoms with van der Waals surface area (Å²) in [5.41, 5.74) is 0. The van der Waals surface area contributed by atoms with Crippen LogP contribution in [0.4, 0.5) is 0 Å². The normalized spacial score (nSPS) is 22.4. The Balaban J connectivity index is 1.80. The zero-order valence-electron chi connectivity index (χ0n) is 12.9. The molecule has 1 N–H and O–H groups in total. The number of rotatable bonds is 6. The molecule has 120 valence electrons. The second-order valence-corrected chi connectivity index (χ2v) is 6.31. The van der Waals surface area contributed by atoms with Crippen molar-refractivity contribution in [1.82, 2.24) is 4.90 Å². The zero-order chi connectivity index (χ0) is 15.2. The molecular weight excluding hydrogens is 270 g/mol. The molecule has 1 saturated heterocycles. The molecule has 0 aromatic rings. The molecule has 5 heteroatoms. The van der Waals surface area contributed by atoms with Crippen molar-refractivity contribution in [1.29, 1.82) is 0 Å². The molecular formula is C16H27NO4. The predicted octanol–water partition coefficient (Wildman–Crippen LogP) is 2.44. The van der Waals surface area contributed by atoms with E-state index in [0.717, 1.165) is 25.7 Å². The third-order valence-corrected chi connectivity index (χ3v) is 4.69. The van der Waals surface area contributed by atoms with E-state index in [4.69, 9.17) is 9.84 Å². The van der Waals surface area contributed by atoms with Gasteiger partial charge in [-0.3, -0.25) is 9.59 Å². The minimum absolute atomic E-state index is 0.0955. The summed E-state index contributed by atoms with van der Waals surface area (Å²) in [6.45, 7) is 3.33. The van der Waals surface area contributed by atoms with Crippen LogP contribution in [0.2, 0.25) is 0 Å². The minimum atomic E-state index is -0.740. The SMILES string of the molecule is CCC(OC1CCCC1)C(=O)N1CCC(CC(=O)O)CC1. The quantitative estimate of drug-likeness (QED) is 0.817. The van der Waals surface area contributed by atoms with Gasteiger partial charge in [0, 0.05) is 19.5 Å². The van der Waals surface area contributed by atoms with Crippen molar-refractivity contribution in [2.75, 3.05) is 13.1 Å². The molecule has 2 aliphatic rings. The molecule has 2 fully saturated rings. The van der Waals surface area contributed by atoms with Gasteiger partial charge in [-0.25, -0.2) is 0 Å². The molecule has 1 atom stereocenters. The highest BCUT2D eigenvalue weighted by Gasteiger charge is 2.30. The van der Waals surface area contributed by atoms with Gasteiger partial charge in [0.05, 0.1) is 6.10 Å². The summed E-state index contributed by atoms with van der Waals surface area (Å²) in [5.74, 6) is -0.434. The summed E-state index contributed by atoms with van der Waals surface area (Å²) in [6, 6.07) is 0. The van der Waals surface area contributed by atoms with Gasteiger partial charge in [-0.2, -0.15) is 0 Å². The minimum Gasteiger partial charge on any atom is -0.481 e. The molecule has 5 nitrogen and oxygen atoms in total. The smallest absolute Gasteiger partial charge is 0.303 e. The van der Waals surface area contributed by atoms with Crippen LogP contribution >= 0.6 is 0 Å². The molecule has 1 aliphatic heterocycles. The Bertz CT molecular complexity index is 357. The number of carbonyl (C=O) groups is 2. The number of likely N-dealkylation sites (tertiary alicyclic amines) is 1. The lowest BCUT2D eigenvalue weighted by atomic mass is 9.93. The number of carboxylic acids is 1. The molecule has 1 saturated carbocycles. The second kappa shape index (κ2) is 7.78. The van der Waals surface area contributed by atoms with Crippen molar-refractivity contribution >= 4 is 11.9 Å². The number of hydrogen-bond acceptors (Lipinski definition) is 3. The number of nitrogens with zero attached hydrogens (tertiary/aromatic N) is 1. The first-order valence-electron chi connectivity index (χ1n) is 8.26. The number of piperidine rings is 1. The first-order valence-corrected chi connectivity index (χ1v) is 8.26. The summed E-state index contributed by atoms with van der Waals surface area (Å²) in [7, 11) is 0. The molecule has 1 aliphatic carbocycles. The summed E-state index contributed by atoms with van der Waals surface area (Å²) < 4.78 is 5.98. The number of ether oxygens (including phenoxy) is 1. The molecule has 1 amide bonds. The first kappa shape index (κ1) is 16.3. The highest BCUT2D eigenvalue weighted by Crippen LogP contribution is 2.25. The van der Waals surface area contributed by atoms with Crippen LogP contribution in [0.5, 0.6) is 0 Å². The number of carbonyl (C=O) groups excluding carboxylic acids is 1. The number of aliphatic carboxylic acids is 1. The van der Waals surface area contributed by atoms with E-state index in [1.165, 1.54) is 12.8 Å². The van der Waals surface area contributed by atoms with Crippen LogP contribution in [0.25, 0.3) is 0 Å². The lowest BCUT2D eigenvalue weighted by Gasteiger charge is -2.34. The molecule has 1 heterocycles. The fourth-order valence-electron chi connectivity index (χ4n) is 3.39. The monoisotopic (exact) mass is 297 g/mol. The Hall–Kier alpha value is -1.10. The van der Waals surface area contributed by atoms with Crippen LogP contribution in [0.15, 0.2) is 0 Å². The van der Waals surface area contributed by atoms with E-state index < -0.39 is 5.97 Å². The summed E-state index contributed by atoms with van der Waals surface area (Å²) in [4.78, 5) is 25.1. The number of carboxylic acid groups (broad SMARTS) is 1. The second-order valence-electron chi connectivity index (χ2n) is 6.31. The van der Waals surface area contributed by atoms with E-state index in [1.54, 1.807) is 0 Å². The molecule has 0 aromatic heterocycles. The third-order valence-electron chi connectivity index (χ3n) is 4.69. The Morgan fingerprint density at radius 1 is 1.19 bits per heavy atom. The molecule has 0 radical (unpaired) electrons. The van der Waals surface area contributed by atoms with Gasteiger partial charge < -0.3 is 14.7 Å². The summed E-state index contributed by atoms with van der Waals surface area (Å²) >= 11 is 0. The molecule has 0 aromatic carbocycles. The lowest BCUT2D eigenvalue weighted by Crippen LogP contribution is -2.45. The Morgan fingerprint density at radius 2 is 1.81 bits per heavy atom. The summed E-state index contributed by atoms with van der Waals surface area (Å²) in [6.07, 6.45) is 7.01. The topological polar surface area (TPSA) is 66.8 Å². The van der Waals surface area contributed by atoms with Crippen LogP contribution in [-0.2, 0) is 14.3 Å². The molecule has 0 bridgehead atoms. The largest absolute Gasteiger partial charge is 0.481 e. The van der Waals surface area contributed by atoms with E-state index in [-0.39, 0.29) is 30.5 Å². The average Bonchev–Trinajstić information content (AvgIpc) is 2.97. The van der Waals surface area contributed by atoms with Gasteiger partial charge in [-0.1, -0.05) is 19.8 Å². The van der Waals surface area contributed by atoms with Crippen LogP contribution in [0.3, 0.4) is 0 Å². The summed E-state index contributed by atoms with van der Waals surface area (Å²) in [5, 5.41) is 8.83. The van der Waals surface area contributed by atoms with E-state index in [2.05, 4.69) is 0 Å². The van der Waals surface area contributed by atoms with Crippen molar-refractivity contribution in [3.8, 4) is 0 Å². The van der Waals surface area contributed by atoms with Crippen molar-refractivity contribution in [3.63, 3.8) is 0 Å². The van der Waals surface area contributed by atoms with E-state index in [0.29, 0.717) is 19.5 Å². The van der Waals surface area contributed by atoms with E-state index in [1.807, 2.05) is 11.8 Å². The first-order chi connectivity index (χ1) is 10.1. The van der Waals surface area contributed by atoms with Crippen LogP contribution in [0.1, 0.15) is 58.3 Å². The zero-order valence-corrected chi connectivity index (χ0v) is 12.9. The van der Waals surface area contributed by atoms with Crippen molar-refractivity contribution in [3.05, 3.63) is 0 Å². The Morgan fingerprint density at radius 3 is 2.33 bits per heavy atom. The van der Waals surface area contributed by atoms with Gasteiger partial charge in [0.2, 0.25) is 0 Å². The standard InChI is InChI=1S/C16H27NO4/c1-2-14(21-13-5-3-4-6-13)16(20)17-9-7-12(8-10-17)11-15(18)19/h12-14H,2-11H2,1H3,(H,18,19). The maximum absolute atomic E-state index is 12.5. The Kier molecular flexibility index (Phi) is 6.03. The number of hydrogen-bond donors (Lipinski definition) is 1. The average molecular weight is 297 g/mol. The molecule has 21 heavy (non-hydrogen) atoms. The van der Waals surface area contributed by atoms with E-state index >= 15 is 0 Å². The highest BCUT2D eigenvalue weighted by molar-refractivity contribution is 5.81. The van der Waals surface area contributed by atoms with Crippen LogP contribution < -0.4 is 0 Å². The predicted molar refractivity (Wildman–Crippen MR) is 79.0 cm³/mol. The highest BCUT2D eigenvalue weighted by atomic mass is 16.5. The third kappa shape index (κ3) is 4.70. The molecule has 2 rings (SSSR count). The Labute approximate surface area is 126 Å². The fourth-order valence-corrected chi connectivity index (χ4v) is 3.39. The maximum Gasteiger partial charge on any atom is 0.303 e. The van der Waals surface area contributed by atoms with Crippen molar-refractivity contribution < 1.29 is 19.4 Å². The van der Waals surface area contributed by atoms with Crippen molar-refractivity contribution in [2.45, 2.75) is 70.5 Å². The number of amides is 1. The molecule has 1 unspecified atom stereocenters.